The maximum Gasteiger partial charge on any atom is 0.146 e. The quantitative estimate of drug-likeness (QED) is 0.118. The van der Waals surface area contributed by atoms with Gasteiger partial charge < -0.3 is 0 Å². The van der Waals surface area contributed by atoms with Crippen molar-refractivity contribution in [3.05, 3.63) is 212 Å². The second-order valence-corrected chi connectivity index (χ2v) is 23.7. The molecule has 0 aliphatic carbocycles. The summed E-state index contributed by atoms with van der Waals surface area (Å²) in [5.74, 6) is 0. The lowest BCUT2D eigenvalue weighted by Gasteiger charge is -2.25. The minimum Gasteiger partial charge on any atom is -0.292 e. The highest BCUT2D eigenvalue weighted by molar-refractivity contribution is 8.26. The molecule has 0 unspecified atom stereocenters. The van der Waals surface area contributed by atoms with E-state index < -0.39 is 12.1 Å². The van der Waals surface area contributed by atoms with Gasteiger partial charge in [0.05, 0.1) is 22.1 Å². The first kappa shape index (κ1) is 36.1. The van der Waals surface area contributed by atoms with Crippen LogP contribution >= 0.6 is 12.1 Å². The van der Waals surface area contributed by atoms with E-state index >= 15 is 0 Å². The van der Waals surface area contributed by atoms with E-state index in [4.69, 9.17) is 28.6 Å². The Labute approximate surface area is 352 Å². The Morgan fingerprint density at radius 1 is 0.373 bits per heavy atom. The Hall–Kier alpha value is -6.06. The lowest BCUT2D eigenvalue weighted by Crippen LogP contribution is -2.25. The fraction of sp³-hybridized carbons (Fsp3) is 0. The molecule has 11 aromatic rings. The van der Waals surface area contributed by atoms with Gasteiger partial charge in [-0.2, -0.15) is 0 Å². The van der Waals surface area contributed by atoms with Crippen molar-refractivity contribution in [2.75, 3.05) is 0 Å². The van der Waals surface area contributed by atoms with E-state index in [0.29, 0.717) is 0 Å². The Morgan fingerprint density at radius 2 is 0.898 bits per heavy atom. The first-order chi connectivity index (χ1) is 29.0. The summed E-state index contributed by atoms with van der Waals surface area (Å²) in [5.41, 5.74) is 7.11. The molecule has 0 radical (unpaired) electrons. The molecular weight excluding hydrogens is 793 g/mol. The SMILES string of the molecule is S=P(c1ccccc1)(c1ccccc1)c1ccc2c3ccc(P(=S)(c4ccccc4)c4ccccc4)cc3n3c4cc(-c5ccc6cccnc6c5)ccc4nc3c2c1. The first-order valence-corrected chi connectivity index (χ1v) is 25.2. The van der Waals surface area contributed by atoms with E-state index in [2.05, 4.69) is 210 Å². The number of pyridine rings is 2. The van der Waals surface area contributed by atoms with Crippen LogP contribution in [0.2, 0.25) is 0 Å². The minimum atomic E-state index is -2.46. The van der Waals surface area contributed by atoms with Gasteiger partial charge >= 0.3 is 0 Å². The van der Waals surface area contributed by atoms with Crippen molar-refractivity contribution in [2.24, 2.45) is 0 Å². The molecule has 0 spiro atoms. The molecule has 0 saturated carbocycles. The molecule has 0 fully saturated rings. The van der Waals surface area contributed by atoms with Crippen LogP contribution in [0.15, 0.2) is 212 Å². The molecule has 0 aliphatic heterocycles. The number of nitrogens with zero attached hydrogens (tertiary/aromatic N) is 3. The number of aromatic nitrogens is 3. The third-order valence-corrected chi connectivity index (χ3v) is 21.5. The van der Waals surface area contributed by atoms with Crippen LogP contribution < -0.4 is 31.8 Å². The van der Waals surface area contributed by atoms with Gasteiger partial charge in [0.1, 0.15) is 5.65 Å². The molecule has 0 saturated heterocycles. The average Bonchev–Trinajstić information content (AvgIpc) is 3.71. The van der Waals surface area contributed by atoms with Gasteiger partial charge in [0.2, 0.25) is 0 Å². The van der Waals surface area contributed by atoms with Crippen LogP contribution in [0, 0.1) is 0 Å². The van der Waals surface area contributed by atoms with Crippen LogP contribution in [0.4, 0.5) is 0 Å². The summed E-state index contributed by atoms with van der Waals surface area (Å²) in [7, 11) is 0. The van der Waals surface area contributed by atoms with Gasteiger partial charge in [-0.25, -0.2) is 4.98 Å². The van der Waals surface area contributed by atoms with E-state index in [9.17, 15) is 0 Å². The van der Waals surface area contributed by atoms with Crippen molar-refractivity contribution >= 4 is 117 Å². The molecule has 0 N–H and O–H groups in total. The number of imidazole rings is 1. The van der Waals surface area contributed by atoms with E-state index in [0.717, 1.165) is 92.2 Å². The molecule has 11 rings (SSSR count). The summed E-state index contributed by atoms with van der Waals surface area (Å²) in [6, 6.07) is 68.6. The highest BCUT2D eigenvalue weighted by Crippen LogP contribution is 2.46. The number of rotatable bonds is 7. The van der Waals surface area contributed by atoms with Gasteiger partial charge in [-0.05, 0) is 84.7 Å². The summed E-state index contributed by atoms with van der Waals surface area (Å²) >= 11 is 13.8. The Bertz CT molecular complexity index is 3410. The maximum absolute atomic E-state index is 6.90. The maximum atomic E-state index is 6.90. The topological polar surface area (TPSA) is 30.2 Å². The molecule has 0 amide bonds. The molecule has 0 aliphatic rings. The van der Waals surface area contributed by atoms with E-state index in [1.165, 1.54) is 0 Å². The zero-order valence-electron chi connectivity index (χ0n) is 31.8. The largest absolute Gasteiger partial charge is 0.292 e. The second kappa shape index (κ2) is 14.3. The lowest BCUT2D eigenvalue weighted by atomic mass is 10.0. The fourth-order valence-corrected chi connectivity index (χ4v) is 16.1. The second-order valence-electron chi connectivity index (χ2n) is 14.9. The van der Waals surface area contributed by atoms with E-state index in [1.807, 2.05) is 12.3 Å². The molecule has 0 bridgehead atoms. The van der Waals surface area contributed by atoms with Crippen LogP contribution in [-0.2, 0) is 23.6 Å². The van der Waals surface area contributed by atoms with Crippen molar-refractivity contribution in [1.82, 2.24) is 14.4 Å². The summed E-state index contributed by atoms with van der Waals surface area (Å²) in [6.45, 7) is 0. The number of hydrogen-bond donors (Lipinski definition) is 0. The number of hydrogen-bond acceptors (Lipinski definition) is 4. The lowest BCUT2D eigenvalue weighted by molar-refractivity contribution is 1.32. The van der Waals surface area contributed by atoms with Gasteiger partial charge in [0, 0.05) is 34.4 Å². The average molecular weight is 828 g/mol. The fourth-order valence-electron chi connectivity index (χ4n) is 8.65. The number of fused-ring (bicyclic) bond motifs is 9. The zero-order chi connectivity index (χ0) is 39.6. The Kier molecular flexibility index (Phi) is 8.76. The van der Waals surface area contributed by atoms with Gasteiger partial charge in [0.25, 0.3) is 0 Å². The molecule has 3 nitrogen and oxygen atoms in total. The monoisotopic (exact) mass is 827 g/mol. The van der Waals surface area contributed by atoms with E-state index in [1.54, 1.807) is 0 Å². The van der Waals surface area contributed by atoms with Crippen molar-refractivity contribution < 1.29 is 0 Å². The minimum absolute atomic E-state index is 0.897. The van der Waals surface area contributed by atoms with Crippen molar-refractivity contribution in [3.63, 3.8) is 0 Å². The predicted molar refractivity (Wildman–Crippen MR) is 261 cm³/mol. The van der Waals surface area contributed by atoms with Crippen molar-refractivity contribution in [2.45, 2.75) is 0 Å². The van der Waals surface area contributed by atoms with Crippen LogP contribution in [0.5, 0.6) is 0 Å². The van der Waals surface area contributed by atoms with Gasteiger partial charge in [-0.15, -0.1) is 0 Å². The first-order valence-electron chi connectivity index (χ1n) is 19.6. The van der Waals surface area contributed by atoms with Crippen molar-refractivity contribution in [1.29, 1.82) is 0 Å². The summed E-state index contributed by atoms with van der Waals surface area (Å²) in [5, 5.41) is 11.4. The van der Waals surface area contributed by atoms with Crippen LogP contribution in [0.1, 0.15) is 0 Å². The van der Waals surface area contributed by atoms with Crippen molar-refractivity contribution in [3.8, 4) is 11.1 Å². The summed E-state index contributed by atoms with van der Waals surface area (Å²) in [6.07, 6.45) is 1.85. The molecule has 8 aromatic carbocycles. The van der Waals surface area contributed by atoms with Crippen LogP contribution in [0.25, 0.3) is 60.4 Å². The third kappa shape index (κ3) is 5.84. The van der Waals surface area contributed by atoms with Crippen LogP contribution in [-0.4, -0.2) is 14.4 Å². The molecule has 7 heteroatoms. The Morgan fingerprint density at radius 3 is 1.49 bits per heavy atom. The summed E-state index contributed by atoms with van der Waals surface area (Å²) in [4.78, 5) is 10.1. The molecule has 59 heavy (non-hydrogen) atoms. The zero-order valence-corrected chi connectivity index (χ0v) is 35.2. The van der Waals surface area contributed by atoms with Gasteiger partial charge in [-0.1, -0.05) is 193 Å². The highest BCUT2D eigenvalue weighted by atomic mass is 32.4. The Balaban J connectivity index is 1.23. The predicted octanol–water partition coefficient (Wildman–Crippen LogP) is 10.5. The highest BCUT2D eigenvalue weighted by Gasteiger charge is 2.28. The molecule has 3 aromatic heterocycles. The normalized spacial score (nSPS) is 12.2. The number of benzene rings is 8. The third-order valence-electron chi connectivity index (χ3n) is 11.6. The molecular formula is C52H35N3P2S2. The molecule has 280 valence electrons. The van der Waals surface area contributed by atoms with Gasteiger partial charge in [0.15, 0.2) is 0 Å². The molecule has 3 heterocycles. The van der Waals surface area contributed by atoms with Gasteiger partial charge in [-0.3, -0.25) is 9.38 Å². The standard InChI is InChI=1S/C52H35N3P2S2/c58-56(39-15-5-1-6-16-39,40-17-7-2-8-18-40)43-26-28-45-46-29-27-44(57(59,41-19-9-3-10-20-41)42-21-11-4-12-22-42)35-50(46)55-51-33-38(25-30-48(51)54-52(55)47(45)34-43)37-24-23-36-14-13-31-53-49(36)32-37/h1-35H. The smallest absolute Gasteiger partial charge is 0.146 e. The van der Waals surface area contributed by atoms with E-state index in [-0.39, 0.29) is 0 Å². The van der Waals surface area contributed by atoms with Crippen LogP contribution in [0.3, 0.4) is 0 Å². The summed E-state index contributed by atoms with van der Waals surface area (Å²) < 4.78 is 2.37. The molecule has 0 atom stereocenters.